The van der Waals surface area contributed by atoms with Crippen molar-refractivity contribution in [3.8, 4) is 11.6 Å². The number of ether oxygens (including phenoxy) is 1. The highest BCUT2D eigenvalue weighted by Gasteiger charge is 2.04. The number of primary amides is 1. The van der Waals surface area contributed by atoms with Gasteiger partial charge in [0.1, 0.15) is 5.75 Å². The molecule has 0 radical (unpaired) electrons. The van der Waals surface area contributed by atoms with Crippen molar-refractivity contribution in [1.29, 1.82) is 0 Å². The van der Waals surface area contributed by atoms with Gasteiger partial charge in [0.25, 0.3) is 5.91 Å². The van der Waals surface area contributed by atoms with Gasteiger partial charge >= 0.3 is 0 Å². The predicted octanol–water partition coefficient (Wildman–Crippen LogP) is 0.826. The first-order chi connectivity index (χ1) is 8.69. The summed E-state index contributed by atoms with van der Waals surface area (Å²) in [6.07, 6.45) is 0. The Morgan fingerprint density at radius 3 is 2.33 bits per heavy atom. The van der Waals surface area contributed by atoms with Crippen molar-refractivity contribution in [2.75, 3.05) is 0 Å². The molecule has 92 valence electrons. The van der Waals surface area contributed by atoms with Crippen LogP contribution in [0.4, 0.5) is 0 Å². The molecule has 0 bridgehead atoms. The van der Waals surface area contributed by atoms with E-state index in [9.17, 15) is 4.79 Å². The van der Waals surface area contributed by atoms with Crippen LogP contribution in [0.25, 0.3) is 0 Å². The van der Waals surface area contributed by atoms with Gasteiger partial charge < -0.3 is 16.2 Å². The third kappa shape index (κ3) is 2.80. The maximum absolute atomic E-state index is 10.8. The van der Waals surface area contributed by atoms with Crippen molar-refractivity contribution in [2.24, 2.45) is 11.5 Å². The second-order valence-corrected chi connectivity index (χ2v) is 3.57. The van der Waals surface area contributed by atoms with Gasteiger partial charge in [0.05, 0.1) is 0 Å². The molecule has 2 rings (SSSR count). The molecule has 1 amide bonds. The number of rotatable bonds is 4. The van der Waals surface area contributed by atoms with E-state index in [1.165, 1.54) is 12.1 Å². The normalized spacial score (nSPS) is 10.1. The van der Waals surface area contributed by atoms with Gasteiger partial charge in [-0.15, -0.1) is 10.2 Å². The van der Waals surface area contributed by atoms with E-state index in [2.05, 4.69) is 10.2 Å². The molecule has 0 aliphatic carbocycles. The van der Waals surface area contributed by atoms with Crippen LogP contribution in [0.5, 0.6) is 11.6 Å². The van der Waals surface area contributed by atoms with Crippen LogP contribution in [0.1, 0.15) is 16.1 Å². The Balaban J connectivity index is 2.10. The lowest BCUT2D eigenvalue weighted by atomic mass is 10.2. The molecule has 0 aliphatic rings. The second-order valence-electron chi connectivity index (χ2n) is 3.57. The van der Waals surface area contributed by atoms with Crippen LogP contribution in [-0.2, 0) is 6.54 Å². The third-order valence-corrected chi connectivity index (χ3v) is 2.27. The lowest BCUT2D eigenvalue weighted by Gasteiger charge is -2.04. The second kappa shape index (κ2) is 5.24. The highest BCUT2D eigenvalue weighted by atomic mass is 16.5. The monoisotopic (exact) mass is 244 g/mol. The number of amides is 1. The number of nitrogens with two attached hydrogens (primary N) is 2. The summed E-state index contributed by atoms with van der Waals surface area (Å²) in [4.78, 5) is 10.8. The third-order valence-electron chi connectivity index (χ3n) is 2.27. The fourth-order valence-electron chi connectivity index (χ4n) is 1.32. The minimum absolute atomic E-state index is 0.0980. The minimum Gasteiger partial charge on any atom is -0.438 e. The Bertz CT molecular complexity index is 537. The van der Waals surface area contributed by atoms with Crippen molar-refractivity contribution in [1.82, 2.24) is 10.2 Å². The molecule has 1 heterocycles. The van der Waals surface area contributed by atoms with Crippen LogP contribution >= 0.6 is 0 Å². The van der Waals surface area contributed by atoms with Crippen molar-refractivity contribution in [3.63, 3.8) is 0 Å². The van der Waals surface area contributed by atoms with Gasteiger partial charge in [0, 0.05) is 12.6 Å². The van der Waals surface area contributed by atoms with E-state index in [1.807, 2.05) is 12.1 Å². The fraction of sp³-hybridized carbons (Fsp3) is 0.0833. The van der Waals surface area contributed by atoms with E-state index in [0.717, 1.165) is 5.56 Å². The molecule has 1 aromatic carbocycles. The molecule has 6 heteroatoms. The zero-order valence-electron chi connectivity index (χ0n) is 9.54. The van der Waals surface area contributed by atoms with Gasteiger partial charge in [-0.25, -0.2) is 0 Å². The molecule has 0 saturated heterocycles. The number of aromatic nitrogens is 2. The molecule has 6 nitrogen and oxygen atoms in total. The summed E-state index contributed by atoms with van der Waals surface area (Å²) in [5, 5.41) is 7.38. The van der Waals surface area contributed by atoms with E-state index in [-0.39, 0.29) is 5.69 Å². The van der Waals surface area contributed by atoms with E-state index in [4.69, 9.17) is 16.2 Å². The molecule has 1 aromatic heterocycles. The summed E-state index contributed by atoms with van der Waals surface area (Å²) < 4.78 is 5.45. The average molecular weight is 244 g/mol. The lowest BCUT2D eigenvalue weighted by Crippen LogP contribution is -2.13. The van der Waals surface area contributed by atoms with E-state index in [0.29, 0.717) is 18.2 Å². The first-order valence-electron chi connectivity index (χ1n) is 5.29. The largest absolute Gasteiger partial charge is 0.438 e. The zero-order valence-corrected chi connectivity index (χ0v) is 9.54. The van der Waals surface area contributed by atoms with Crippen LogP contribution in [0.2, 0.25) is 0 Å². The molecule has 0 unspecified atom stereocenters. The molecule has 0 atom stereocenters. The van der Waals surface area contributed by atoms with E-state index >= 15 is 0 Å². The Labute approximate surface area is 104 Å². The standard InChI is InChI=1S/C12H12N4O2/c13-7-8-1-3-9(4-2-8)18-11-6-5-10(12(14)17)15-16-11/h1-6H,7,13H2,(H2,14,17). The summed E-state index contributed by atoms with van der Waals surface area (Å²) in [7, 11) is 0. The topological polar surface area (TPSA) is 104 Å². The maximum Gasteiger partial charge on any atom is 0.269 e. The molecule has 0 spiro atoms. The quantitative estimate of drug-likeness (QED) is 0.828. The summed E-state index contributed by atoms with van der Waals surface area (Å²) in [6.45, 7) is 0.480. The zero-order chi connectivity index (χ0) is 13.0. The number of hydrogen-bond acceptors (Lipinski definition) is 5. The molecular formula is C12H12N4O2. The van der Waals surface area contributed by atoms with Gasteiger partial charge in [0.2, 0.25) is 5.88 Å². The van der Waals surface area contributed by atoms with Crippen LogP contribution in [0.15, 0.2) is 36.4 Å². The van der Waals surface area contributed by atoms with Crippen LogP contribution in [-0.4, -0.2) is 16.1 Å². The minimum atomic E-state index is -0.624. The Morgan fingerprint density at radius 2 is 1.83 bits per heavy atom. The summed E-state index contributed by atoms with van der Waals surface area (Å²) in [5.74, 6) is 0.287. The predicted molar refractivity (Wildman–Crippen MR) is 65.0 cm³/mol. The van der Waals surface area contributed by atoms with Crippen LogP contribution in [0, 0.1) is 0 Å². The molecule has 2 aromatic rings. The first-order valence-corrected chi connectivity index (χ1v) is 5.29. The van der Waals surface area contributed by atoms with Gasteiger partial charge in [0.15, 0.2) is 5.69 Å². The Hall–Kier alpha value is -2.47. The van der Waals surface area contributed by atoms with E-state index < -0.39 is 5.91 Å². The number of carbonyl (C=O) groups is 1. The highest BCUT2D eigenvalue weighted by Crippen LogP contribution is 2.18. The van der Waals surface area contributed by atoms with E-state index in [1.54, 1.807) is 12.1 Å². The highest BCUT2D eigenvalue weighted by molar-refractivity contribution is 5.90. The van der Waals surface area contributed by atoms with Crippen molar-refractivity contribution >= 4 is 5.91 Å². The SMILES string of the molecule is NCc1ccc(Oc2ccc(C(N)=O)nn2)cc1. The van der Waals surface area contributed by atoms with Crippen LogP contribution < -0.4 is 16.2 Å². The van der Waals surface area contributed by atoms with Crippen molar-refractivity contribution in [2.45, 2.75) is 6.54 Å². The van der Waals surface area contributed by atoms with Crippen LogP contribution in [0.3, 0.4) is 0 Å². The summed E-state index contributed by atoms with van der Waals surface area (Å²) >= 11 is 0. The van der Waals surface area contributed by atoms with Gasteiger partial charge in [-0.05, 0) is 23.8 Å². The molecule has 18 heavy (non-hydrogen) atoms. The van der Waals surface area contributed by atoms with Gasteiger partial charge in [-0.2, -0.15) is 0 Å². The number of benzene rings is 1. The Morgan fingerprint density at radius 1 is 1.11 bits per heavy atom. The molecule has 4 N–H and O–H groups in total. The van der Waals surface area contributed by atoms with Gasteiger partial charge in [-0.1, -0.05) is 12.1 Å². The molecule has 0 aliphatic heterocycles. The summed E-state index contributed by atoms with van der Waals surface area (Å²) in [5.41, 5.74) is 11.7. The maximum atomic E-state index is 10.8. The number of hydrogen-bond donors (Lipinski definition) is 2. The van der Waals surface area contributed by atoms with Gasteiger partial charge in [-0.3, -0.25) is 4.79 Å². The fourth-order valence-corrected chi connectivity index (χ4v) is 1.32. The Kier molecular flexibility index (Phi) is 3.49. The first kappa shape index (κ1) is 12.0. The molecule has 0 fully saturated rings. The van der Waals surface area contributed by atoms with Crippen molar-refractivity contribution < 1.29 is 9.53 Å². The molecular weight excluding hydrogens is 232 g/mol. The number of carbonyl (C=O) groups excluding carboxylic acids is 1. The van der Waals surface area contributed by atoms with Crippen molar-refractivity contribution in [3.05, 3.63) is 47.7 Å². The summed E-state index contributed by atoms with van der Waals surface area (Å²) in [6, 6.07) is 10.3. The number of nitrogens with zero attached hydrogens (tertiary/aromatic N) is 2. The lowest BCUT2D eigenvalue weighted by molar-refractivity contribution is 0.0994. The molecule has 0 saturated carbocycles. The smallest absolute Gasteiger partial charge is 0.269 e. The average Bonchev–Trinajstić information content (AvgIpc) is 2.40.